The number of nitro groups is 1. The van der Waals surface area contributed by atoms with Gasteiger partial charge in [-0.2, -0.15) is 0 Å². The van der Waals surface area contributed by atoms with Gasteiger partial charge in [-0.1, -0.05) is 13.3 Å². The molecule has 1 N–H and O–H groups in total. The number of hydrogen-bond donors (Lipinski definition) is 1. The number of benzene rings is 2. The van der Waals surface area contributed by atoms with E-state index in [1.54, 1.807) is 31.2 Å². The van der Waals surface area contributed by atoms with Gasteiger partial charge in [-0.05, 0) is 49.7 Å². The fraction of sp³-hybridized carbons (Fsp3) is 0.316. The van der Waals surface area contributed by atoms with Crippen molar-refractivity contribution in [2.45, 2.75) is 26.7 Å². The molecule has 0 bridgehead atoms. The van der Waals surface area contributed by atoms with E-state index in [-0.39, 0.29) is 18.2 Å². The molecule has 0 aromatic heterocycles. The molecule has 0 saturated heterocycles. The largest absolute Gasteiger partial charge is 0.494 e. The number of nitrogens with one attached hydrogen (secondary N) is 1. The molecule has 0 heterocycles. The number of carbonyl (C=O) groups excluding carboxylic acids is 1. The van der Waals surface area contributed by atoms with E-state index in [0.717, 1.165) is 18.6 Å². The second-order valence-electron chi connectivity index (χ2n) is 5.77. The summed E-state index contributed by atoms with van der Waals surface area (Å²) in [7, 11) is 0. The van der Waals surface area contributed by atoms with Crippen molar-refractivity contribution in [1.82, 2.24) is 0 Å². The number of nitrogens with zero attached hydrogens (tertiary/aromatic N) is 1. The Morgan fingerprint density at radius 1 is 1.12 bits per heavy atom. The first-order chi connectivity index (χ1) is 12.5. The zero-order valence-electron chi connectivity index (χ0n) is 14.9. The number of nitro benzene ring substituents is 1. The molecule has 138 valence electrons. The molecule has 0 aliphatic rings. The molecule has 0 radical (unpaired) electrons. The molecule has 7 heteroatoms. The van der Waals surface area contributed by atoms with Crippen LogP contribution in [0.5, 0.6) is 11.5 Å². The van der Waals surface area contributed by atoms with Crippen LogP contribution in [-0.4, -0.2) is 24.0 Å². The molecule has 2 aromatic rings. The smallest absolute Gasteiger partial charge is 0.272 e. The lowest BCUT2D eigenvalue weighted by Gasteiger charge is -2.09. The van der Waals surface area contributed by atoms with Crippen LogP contribution < -0.4 is 14.8 Å². The number of aryl methyl sites for hydroxylation is 1. The van der Waals surface area contributed by atoms with E-state index in [4.69, 9.17) is 9.47 Å². The SMILES string of the molecule is CCCCOc1ccc(NC(=O)COc2ccc([N+](=O)[O-])c(C)c2)cc1. The van der Waals surface area contributed by atoms with Crippen LogP contribution in [0.1, 0.15) is 25.3 Å². The van der Waals surface area contributed by atoms with E-state index in [1.165, 1.54) is 18.2 Å². The highest BCUT2D eigenvalue weighted by atomic mass is 16.6. The highest BCUT2D eigenvalue weighted by Crippen LogP contribution is 2.23. The molecule has 0 fully saturated rings. The number of anilines is 1. The van der Waals surface area contributed by atoms with Crippen molar-refractivity contribution in [2.75, 3.05) is 18.5 Å². The van der Waals surface area contributed by atoms with Crippen molar-refractivity contribution in [2.24, 2.45) is 0 Å². The maximum absolute atomic E-state index is 12.0. The summed E-state index contributed by atoms with van der Waals surface area (Å²) < 4.78 is 10.9. The first kappa shape index (κ1) is 19.2. The maximum atomic E-state index is 12.0. The van der Waals surface area contributed by atoms with Crippen molar-refractivity contribution < 1.29 is 19.2 Å². The Kier molecular flexibility index (Phi) is 6.96. The van der Waals surface area contributed by atoms with Gasteiger partial charge in [0.05, 0.1) is 11.5 Å². The van der Waals surface area contributed by atoms with Crippen LogP contribution in [0.2, 0.25) is 0 Å². The van der Waals surface area contributed by atoms with Crippen LogP contribution in [0.25, 0.3) is 0 Å². The summed E-state index contributed by atoms with van der Waals surface area (Å²) >= 11 is 0. The Bertz CT molecular complexity index is 759. The van der Waals surface area contributed by atoms with Crippen molar-refractivity contribution in [3.8, 4) is 11.5 Å². The lowest BCUT2D eigenvalue weighted by atomic mass is 10.2. The van der Waals surface area contributed by atoms with Crippen molar-refractivity contribution in [3.05, 3.63) is 58.1 Å². The van der Waals surface area contributed by atoms with Gasteiger partial charge in [0.1, 0.15) is 11.5 Å². The van der Waals surface area contributed by atoms with Crippen LogP contribution in [0.15, 0.2) is 42.5 Å². The minimum absolute atomic E-state index is 0.0167. The standard InChI is InChI=1S/C19H22N2O5/c1-3-4-11-25-16-7-5-15(6-8-16)20-19(22)13-26-17-9-10-18(21(23)24)14(2)12-17/h5-10,12H,3-4,11,13H2,1-2H3,(H,20,22). The maximum Gasteiger partial charge on any atom is 0.272 e. The van der Waals surface area contributed by atoms with Gasteiger partial charge in [-0.15, -0.1) is 0 Å². The summed E-state index contributed by atoms with van der Waals surface area (Å²) in [5.41, 5.74) is 1.14. The monoisotopic (exact) mass is 358 g/mol. The Morgan fingerprint density at radius 2 is 1.81 bits per heavy atom. The average molecular weight is 358 g/mol. The van der Waals surface area contributed by atoms with Gasteiger partial charge in [0.15, 0.2) is 6.61 Å². The van der Waals surface area contributed by atoms with Crippen LogP contribution >= 0.6 is 0 Å². The van der Waals surface area contributed by atoms with Crippen LogP contribution in [0.3, 0.4) is 0 Å². The molecule has 0 aliphatic heterocycles. The summed E-state index contributed by atoms with van der Waals surface area (Å²) in [5, 5.41) is 13.5. The van der Waals surface area contributed by atoms with Gasteiger partial charge in [0.2, 0.25) is 0 Å². The molecular weight excluding hydrogens is 336 g/mol. The fourth-order valence-electron chi connectivity index (χ4n) is 2.24. The molecule has 0 saturated carbocycles. The number of amides is 1. The number of ether oxygens (including phenoxy) is 2. The molecular formula is C19H22N2O5. The summed E-state index contributed by atoms with van der Waals surface area (Å²) in [6, 6.07) is 11.5. The summed E-state index contributed by atoms with van der Waals surface area (Å²) in [6.07, 6.45) is 2.07. The van der Waals surface area contributed by atoms with Gasteiger partial charge in [-0.3, -0.25) is 14.9 Å². The third-order valence-corrected chi connectivity index (χ3v) is 3.64. The first-order valence-electron chi connectivity index (χ1n) is 8.40. The zero-order chi connectivity index (χ0) is 18.9. The molecule has 0 unspecified atom stereocenters. The number of unbranched alkanes of at least 4 members (excludes halogenated alkanes) is 1. The van der Waals surface area contributed by atoms with E-state index < -0.39 is 4.92 Å². The highest BCUT2D eigenvalue weighted by Gasteiger charge is 2.11. The van der Waals surface area contributed by atoms with Gasteiger partial charge in [0, 0.05) is 17.3 Å². The van der Waals surface area contributed by atoms with Crippen LogP contribution in [0, 0.1) is 17.0 Å². The molecule has 0 atom stereocenters. The van der Waals surface area contributed by atoms with Gasteiger partial charge >= 0.3 is 0 Å². The average Bonchev–Trinajstić information content (AvgIpc) is 2.61. The molecule has 0 aliphatic carbocycles. The zero-order valence-corrected chi connectivity index (χ0v) is 14.9. The number of rotatable bonds is 9. The second kappa shape index (κ2) is 9.41. The Morgan fingerprint density at radius 3 is 2.42 bits per heavy atom. The van der Waals surface area contributed by atoms with Crippen molar-refractivity contribution >= 4 is 17.3 Å². The molecule has 0 spiro atoms. The minimum atomic E-state index is -0.457. The quantitative estimate of drug-likeness (QED) is 0.414. The number of hydrogen-bond acceptors (Lipinski definition) is 5. The lowest BCUT2D eigenvalue weighted by molar-refractivity contribution is -0.385. The predicted molar refractivity (Wildman–Crippen MR) is 98.8 cm³/mol. The Hall–Kier alpha value is -3.09. The first-order valence-corrected chi connectivity index (χ1v) is 8.40. The fourth-order valence-corrected chi connectivity index (χ4v) is 2.24. The van der Waals surface area contributed by atoms with E-state index in [0.29, 0.717) is 23.6 Å². The molecule has 7 nitrogen and oxygen atoms in total. The predicted octanol–water partition coefficient (Wildman–Crippen LogP) is 4.10. The Labute approximate surface area is 152 Å². The van der Waals surface area contributed by atoms with Gasteiger partial charge in [-0.25, -0.2) is 0 Å². The molecule has 2 aromatic carbocycles. The van der Waals surface area contributed by atoms with E-state index in [9.17, 15) is 14.9 Å². The van der Waals surface area contributed by atoms with Gasteiger partial charge in [0.25, 0.3) is 11.6 Å². The minimum Gasteiger partial charge on any atom is -0.494 e. The molecule has 1 amide bonds. The van der Waals surface area contributed by atoms with Gasteiger partial charge < -0.3 is 14.8 Å². The van der Waals surface area contributed by atoms with Crippen LogP contribution in [-0.2, 0) is 4.79 Å². The summed E-state index contributed by atoms with van der Waals surface area (Å²) in [4.78, 5) is 22.3. The third-order valence-electron chi connectivity index (χ3n) is 3.64. The van der Waals surface area contributed by atoms with E-state index in [2.05, 4.69) is 12.2 Å². The molecule has 2 rings (SSSR count). The van der Waals surface area contributed by atoms with E-state index in [1.807, 2.05) is 0 Å². The molecule has 26 heavy (non-hydrogen) atoms. The van der Waals surface area contributed by atoms with E-state index >= 15 is 0 Å². The third kappa shape index (κ3) is 5.77. The highest BCUT2D eigenvalue weighted by molar-refractivity contribution is 5.91. The number of carbonyl (C=O) groups is 1. The topological polar surface area (TPSA) is 90.7 Å². The lowest BCUT2D eigenvalue weighted by Crippen LogP contribution is -2.20. The van der Waals surface area contributed by atoms with Crippen LogP contribution in [0.4, 0.5) is 11.4 Å². The summed E-state index contributed by atoms with van der Waals surface area (Å²) in [5.74, 6) is 0.845. The Balaban J connectivity index is 1.83. The van der Waals surface area contributed by atoms with Crippen molar-refractivity contribution in [1.29, 1.82) is 0 Å². The summed E-state index contributed by atoms with van der Waals surface area (Å²) in [6.45, 7) is 4.20. The normalized spacial score (nSPS) is 10.2. The second-order valence-corrected chi connectivity index (χ2v) is 5.77. The van der Waals surface area contributed by atoms with Crippen molar-refractivity contribution in [3.63, 3.8) is 0 Å².